The van der Waals surface area contributed by atoms with Crippen LogP contribution in [0.3, 0.4) is 0 Å². The Kier molecular flexibility index (Phi) is 10.1. The van der Waals surface area contributed by atoms with Gasteiger partial charge in [0.25, 0.3) is 0 Å². The first-order chi connectivity index (χ1) is 12.2. The summed E-state index contributed by atoms with van der Waals surface area (Å²) in [6.07, 6.45) is 10.2. The van der Waals surface area contributed by atoms with Gasteiger partial charge in [-0.1, -0.05) is 39.0 Å². The summed E-state index contributed by atoms with van der Waals surface area (Å²) in [6.45, 7) is 11.9. The molecule has 1 rings (SSSR count). The van der Waals surface area contributed by atoms with Crippen molar-refractivity contribution < 1.29 is 14.7 Å². The Balaban J connectivity index is 2.47. The number of amides is 1. The Morgan fingerprint density at radius 1 is 1.04 bits per heavy atom. The Hall–Kier alpha value is -0.650. The molecule has 0 atom stereocenters. The lowest BCUT2D eigenvalue weighted by Gasteiger charge is -2.53. The van der Waals surface area contributed by atoms with Gasteiger partial charge in [0.1, 0.15) is 0 Å². The first-order valence-corrected chi connectivity index (χ1v) is 10.6. The van der Waals surface area contributed by atoms with Crippen molar-refractivity contribution in [1.82, 2.24) is 10.4 Å². The quantitative estimate of drug-likeness (QED) is 0.506. The zero-order valence-corrected chi connectivity index (χ0v) is 17.8. The third-order valence-corrected chi connectivity index (χ3v) is 5.24. The van der Waals surface area contributed by atoms with Crippen LogP contribution in [0.2, 0.25) is 0 Å². The molecule has 0 radical (unpaired) electrons. The summed E-state index contributed by atoms with van der Waals surface area (Å²) in [4.78, 5) is 18.3. The third kappa shape index (κ3) is 7.93. The van der Waals surface area contributed by atoms with Crippen molar-refractivity contribution >= 4 is 5.91 Å². The fraction of sp³-hybridized carbons (Fsp3) is 0.952. The number of piperidine rings is 1. The SMILES string of the molecule is CCCCCCCCON1C(C)(C)CC(NC(=O)CCCO)CC1(C)C. The first kappa shape index (κ1) is 23.4. The maximum Gasteiger partial charge on any atom is 0.220 e. The van der Waals surface area contributed by atoms with Crippen LogP contribution in [0.1, 0.15) is 98.8 Å². The molecule has 0 aliphatic carbocycles. The van der Waals surface area contributed by atoms with Crippen LogP contribution in [0.4, 0.5) is 0 Å². The second kappa shape index (κ2) is 11.3. The lowest BCUT2D eigenvalue weighted by Crippen LogP contribution is -2.64. The molecule has 1 saturated heterocycles. The molecule has 0 aromatic carbocycles. The Bertz CT molecular complexity index is 392. The van der Waals surface area contributed by atoms with Gasteiger partial charge in [0.2, 0.25) is 5.91 Å². The van der Waals surface area contributed by atoms with Crippen molar-refractivity contribution in [3.8, 4) is 0 Å². The molecule has 0 aromatic rings. The maximum atomic E-state index is 12.0. The zero-order chi connectivity index (χ0) is 19.6. The molecular weight excluding hydrogens is 328 g/mol. The molecule has 1 heterocycles. The van der Waals surface area contributed by atoms with Crippen LogP contribution in [0.15, 0.2) is 0 Å². The van der Waals surface area contributed by atoms with Crippen LogP contribution < -0.4 is 5.32 Å². The van der Waals surface area contributed by atoms with Gasteiger partial charge in [-0.2, -0.15) is 5.06 Å². The minimum absolute atomic E-state index is 0.0390. The molecule has 5 nitrogen and oxygen atoms in total. The highest BCUT2D eigenvalue weighted by atomic mass is 16.7. The van der Waals surface area contributed by atoms with Crippen LogP contribution in [-0.2, 0) is 9.63 Å². The molecule has 26 heavy (non-hydrogen) atoms. The molecule has 0 saturated carbocycles. The molecule has 1 aliphatic heterocycles. The summed E-state index contributed by atoms with van der Waals surface area (Å²) in [5, 5.41) is 14.2. The van der Waals surface area contributed by atoms with E-state index in [2.05, 4.69) is 45.0 Å². The van der Waals surface area contributed by atoms with Crippen LogP contribution in [-0.4, -0.2) is 46.4 Å². The van der Waals surface area contributed by atoms with Crippen molar-refractivity contribution in [3.05, 3.63) is 0 Å². The van der Waals surface area contributed by atoms with Gasteiger partial charge in [0.15, 0.2) is 0 Å². The lowest BCUT2D eigenvalue weighted by molar-refractivity contribution is -0.284. The van der Waals surface area contributed by atoms with Gasteiger partial charge in [0.05, 0.1) is 6.61 Å². The van der Waals surface area contributed by atoms with E-state index >= 15 is 0 Å². The van der Waals surface area contributed by atoms with E-state index in [1.165, 1.54) is 32.1 Å². The fourth-order valence-electron chi connectivity index (χ4n) is 4.29. The number of unbranched alkanes of at least 4 members (excludes halogenated alkanes) is 5. The van der Waals surface area contributed by atoms with Crippen molar-refractivity contribution in [1.29, 1.82) is 0 Å². The van der Waals surface area contributed by atoms with E-state index in [1.807, 2.05) is 0 Å². The maximum absolute atomic E-state index is 12.0. The topological polar surface area (TPSA) is 61.8 Å². The molecule has 154 valence electrons. The Labute approximate surface area is 160 Å². The normalized spacial score (nSPS) is 20.2. The zero-order valence-electron chi connectivity index (χ0n) is 17.8. The first-order valence-electron chi connectivity index (χ1n) is 10.6. The van der Waals surface area contributed by atoms with Gasteiger partial charge in [-0.25, -0.2) is 0 Å². The lowest BCUT2D eigenvalue weighted by atomic mass is 9.79. The number of rotatable bonds is 12. The van der Waals surface area contributed by atoms with Gasteiger partial charge >= 0.3 is 0 Å². The van der Waals surface area contributed by atoms with E-state index in [-0.39, 0.29) is 29.6 Å². The summed E-state index contributed by atoms with van der Waals surface area (Å²) in [6, 6.07) is 0.153. The summed E-state index contributed by atoms with van der Waals surface area (Å²) < 4.78 is 0. The van der Waals surface area contributed by atoms with E-state index in [0.717, 1.165) is 25.9 Å². The van der Waals surface area contributed by atoms with Gasteiger partial charge in [-0.3, -0.25) is 9.63 Å². The van der Waals surface area contributed by atoms with E-state index in [4.69, 9.17) is 9.94 Å². The number of nitrogens with one attached hydrogen (secondary N) is 1. The van der Waals surface area contributed by atoms with E-state index in [0.29, 0.717) is 12.8 Å². The number of hydrogen-bond donors (Lipinski definition) is 2. The van der Waals surface area contributed by atoms with Crippen molar-refractivity contribution in [3.63, 3.8) is 0 Å². The average Bonchev–Trinajstić information content (AvgIpc) is 2.53. The summed E-state index contributed by atoms with van der Waals surface area (Å²) in [5.41, 5.74) is -0.252. The molecular formula is C21H42N2O3. The number of carbonyl (C=O) groups excluding carboxylic acids is 1. The van der Waals surface area contributed by atoms with Gasteiger partial charge in [-0.15, -0.1) is 0 Å². The summed E-state index contributed by atoms with van der Waals surface area (Å²) >= 11 is 0. The molecule has 0 aromatic heterocycles. The number of carbonyl (C=O) groups is 1. The summed E-state index contributed by atoms with van der Waals surface area (Å²) in [7, 11) is 0. The average molecular weight is 371 g/mol. The van der Waals surface area contributed by atoms with Crippen molar-refractivity contribution in [2.45, 2.75) is 116 Å². The molecule has 0 bridgehead atoms. The van der Waals surface area contributed by atoms with Crippen LogP contribution in [0.25, 0.3) is 0 Å². The molecule has 0 unspecified atom stereocenters. The number of nitrogens with zero attached hydrogens (tertiary/aromatic N) is 1. The second-order valence-electron chi connectivity index (χ2n) is 9.02. The van der Waals surface area contributed by atoms with Gasteiger partial charge < -0.3 is 10.4 Å². The largest absolute Gasteiger partial charge is 0.396 e. The Morgan fingerprint density at radius 3 is 2.19 bits per heavy atom. The minimum atomic E-state index is -0.126. The highest BCUT2D eigenvalue weighted by Crippen LogP contribution is 2.38. The van der Waals surface area contributed by atoms with Crippen LogP contribution in [0, 0.1) is 0 Å². The number of aliphatic hydroxyl groups is 1. The fourth-order valence-corrected chi connectivity index (χ4v) is 4.29. The number of aliphatic hydroxyl groups excluding tert-OH is 1. The van der Waals surface area contributed by atoms with E-state index in [1.54, 1.807) is 0 Å². The minimum Gasteiger partial charge on any atom is -0.396 e. The summed E-state index contributed by atoms with van der Waals surface area (Å²) in [5.74, 6) is 0.0390. The molecule has 1 aliphatic rings. The smallest absolute Gasteiger partial charge is 0.220 e. The Morgan fingerprint density at radius 2 is 1.62 bits per heavy atom. The second-order valence-corrected chi connectivity index (χ2v) is 9.02. The van der Waals surface area contributed by atoms with Gasteiger partial charge in [-0.05, 0) is 53.4 Å². The number of hydrogen-bond acceptors (Lipinski definition) is 4. The van der Waals surface area contributed by atoms with E-state index < -0.39 is 0 Å². The standard InChI is InChI=1S/C21H42N2O3/c1-6-7-8-9-10-11-15-26-23-20(2,3)16-18(17-21(23,4)5)22-19(25)13-12-14-24/h18,24H,6-17H2,1-5H3,(H,22,25). The molecule has 1 fully saturated rings. The monoisotopic (exact) mass is 370 g/mol. The molecule has 2 N–H and O–H groups in total. The van der Waals surface area contributed by atoms with Crippen molar-refractivity contribution in [2.75, 3.05) is 13.2 Å². The van der Waals surface area contributed by atoms with Crippen molar-refractivity contribution in [2.24, 2.45) is 0 Å². The highest BCUT2D eigenvalue weighted by molar-refractivity contribution is 5.76. The predicted molar refractivity (Wildman–Crippen MR) is 107 cm³/mol. The van der Waals surface area contributed by atoms with Crippen LogP contribution >= 0.6 is 0 Å². The van der Waals surface area contributed by atoms with E-state index in [9.17, 15) is 4.79 Å². The molecule has 1 amide bonds. The number of hydroxylamine groups is 2. The van der Waals surface area contributed by atoms with Gasteiger partial charge in [0, 0.05) is 30.1 Å². The third-order valence-electron chi connectivity index (χ3n) is 5.24. The van der Waals surface area contributed by atoms with Crippen LogP contribution in [0.5, 0.6) is 0 Å². The molecule has 0 spiro atoms. The molecule has 5 heteroatoms. The predicted octanol–water partition coefficient (Wildman–Crippen LogP) is 4.19. The highest BCUT2D eigenvalue weighted by Gasteiger charge is 2.46.